The fraction of sp³-hybridized carbons (Fsp3) is 0.435. The second-order valence-electron chi connectivity index (χ2n) is 8.20. The highest BCUT2D eigenvalue weighted by atomic mass is 16.1. The Balaban J connectivity index is 1.89. The van der Waals surface area contributed by atoms with Crippen LogP contribution in [0.4, 0.5) is 5.69 Å². The van der Waals surface area contributed by atoms with E-state index in [1.165, 1.54) is 5.56 Å². The average Bonchev–Trinajstić information content (AvgIpc) is 2.67. The third kappa shape index (κ3) is 4.16. The number of benzene rings is 2. The minimum atomic E-state index is 0.0817. The van der Waals surface area contributed by atoms with E-state index in [2.05, 4.69) is 49.9 Å². The second-order valence-corrected chi connectivity index (χ2v) is 8.20. The molecule has 138 valence electrons. The van der Waals surface area contributed by atoms with E-state index in [9.17, 15) is 4.79 Å². The topological polar surface area (TPSA) is 23.6 Å². The van der Waals surface area contributed by atoms with Gasteiger partial charge in [0.05, 0.1) is 6.04 Å². The van der Waals surface area contributed by atoms with Crippen molar-refractivity contribution in [2.45, 2.75) is 45.2 Å². The number of hydrogen-bond acceptors (Lipinski definition) is 2. The molecule has 3 rings (SSSR count). The molecule has 1 atom stereocenters. The molecule has 0 bridgehead atoms. The van der Waals surface area contributed by atoms with Gasteiger partial charge in [-0.1, -0.05) is 48.5 Å². The van der Waals surface area contributed by atoms with Gasteiger partial charge in [-0.2, -0.15) is 0 Å². The third-order valence-corrected chi connectivity index (χ3v) is 5.54. The molecule has 1 saturated heterocycles. The first-order chi connectivity index (χ1) is 12.5. The summed E-state index contributed by atoms with van der Waals surface area (Å²) in [6.07, 6.45) is 3.21. The van der Waals surface area contributed by atoms with Gasteiger partial charge in [0.15, 0.2) is 0 Å². The number of nitrogens with zero attached hydrogens (tertiary/aromatic N) is 2. The van der Waals surface area contributed by atoms with E-state index in [4.69, 9.17) is 0 Å². The Morgan fingerprint density at radius 1 is 0.962 bits per heavy atom. The molecule has 0 radical (unpaired) electrons. The van der Waals surface area contributed by atoms with Gasteiger partial charge in [0.1, 0.15) is 0 Å². The summed E-state index contributed by atoms with van der Waals surface area (Å²) >= 11 is 0. The summed E-state index contributed by atoms with van der Waals surface area (Å²) in [5, 5.41) is 0. The molecule has 3 nitrogen and oxygen atoms in total. The Kier molecular flexibility index (Phi) is 5.77. The number of hydrogen-bond donors (Lipinski definition) is 0. The second kappa shape index (κ2) is 8.05. The number of para-hydroxylation sites is 1. The molecule has 1 aliphatic heterocycles. The molecular weight excluding hydrogens is 320 g/mol. The predicted octanol–water partition coefficient (Wildman–Crippen LogP) is 4.90. The molecule has 0 aromatic heterocycles. The highest BCUT2D eigenvalue weighted by molar-refractivity contribution is 5.76. The van der Waals surface area contributed by atoms with Gasteiger partial charge in [0.25, 0.3) is 0 Å². The average molecular weight is 351 g/mol. The summed E-state index contributed by atoms with van der Waals surface area (Å²) in [5.41, 5.74) is 2.39. The Labute approximate surface area is 157 Å². The highest BCUT2D eigenvalue weighted by Gasteiger charge is 2.34. The molecule has 0 aliphatic carbocycles. The predicted molar refractivity (Wildman–Crippen MR) is 108 cm³/mol. The first-order valence-electron chi connectivity index (χ1n) is 9.59. The quantitative estimate of drug-likeness (QED) is 0.716. The van der Waals surface area contributed by atoms with Gasteiger partial charge in [-0.15, -0.1) is 0 Å². The minimum absolute atomic E-state index is 0.0817. The first kappa shape index (κ1) is 18.7. The van der Waals surface area contributed by atoms with Gasteiger partial charge < -0.3 is 4.90 Å². The molecule has 2 aromatic rings. The Morgan fingerprint density at radius 3 is 2.00 bits per heavy atom. The number of likely N-dealkylation sites (tertiary alicyclic amines) is 1. The lowest BCUT2D eigenvalue weighted by Gasteiger charge is -2.44. The molecule has 0 spiro atoms. The van der Waals surface area contributed by atoms with Gasteiger partial charge in [0.2, 0.25) is 6.41 Å². The van der Waals surface area contributed by atoms with Gasteiger partial charge in [0, 0.05) is 11.2 Å². The van der Waals surface area contributed by atoms with Gasteiger partial charge in [-0.25, -0.2) is 0 Å². The maximum atomic E-state index is 12.1. The standard InChI is InChI=1S/C23H30N2O/c1-23(2,3)24-16-14-20(15-17-24)22(19-10-6-4-7-11-19)25(18-26)21-12-8-5-9-13-21/h4-13,18,20,22H,14-17H2,1-3H3. The number of rotatable bonds is 5. The van der Waals surface area contributed by atoms with Crippen LogP contribution in [0.15, 0.2) is 60.7 Å². The monoisotopic (exact) mass is 350 g/mol. The molecule has 2 aromatic carbocycles. The lowest BCUT2D eigenvalue weighted by molar-refractivity contribution is -0.108. The molecule has 3 heteroatoms. The van der Waals surface area contributed by atoms with Crippen LogP contribution < -0.4 is 4.90 Å². The summed E-state index contributed by atoms with van der Waals surface area (Å²) in [5.74, 6) is 0.460. The van der Waals surface area contributed by atoms with E-state index in [0.29, 0.717) is 5.92 Å². The van der Waals surface area contributed by atoms with Gasteiger partial charge in [-0.05, 0) is 70.3 Å². The normalized spacial score (nSPS) is 17.7. The summed E-state index contributed by atoms with van der Waals surface area (Å²) in [4.78, 5) is 16.6. The lowest BCUT2D eigenvalue weighted by Crippen LogP contribution is -2.48. The van der Waals surface area contributed by atoms with E-state index < -0.39 is 0 Å². The Hall–Kier alpha value is -2.13. The molecule has 0 saturated carbocycles. The maximum Gasteiger partial charge on any atom is 0.214 e. The number of amides is 1. The summed E-state index contributed by atoms with van der Waals surface area (Å²) in [6, 6.07) is 20.6. The highest BCUT2D eigenvalue weighted by Crippen LogP contribution is 2.38. The van der Waals surface area contributed by atoms with Crippen LogP contribution in [-0.4, -0.2) is 29.9 Å². The Bertz CT molecular complexity index is 685. The molecule has 1 heterocycles. The Morgan fingerprint density at radius 2 is 1.50 bits per heavy atom. The number of piperidine rings is 1. The van der Waals surface area contributed by atoms with Crippen molar-refractivity contribution in [2.24, 2.45) is 5.92 Å². The van der Waals surface area contributed by atoms with Crippen LogP contribution in [0.1, 0.15) is 45.2 Å². The van der Waals surface area contributed by atoms with Crippen molar-refractivity contribution in [2.75, 3.05) is 18.0 Å². The van der Waals surface area contributed by atoms with Crippen LogP contribution in [0.25, 0.3) is 0 Å². The lowest BCUT2D eigenvalue weighted by atomic mass is 9.83. The van der Waals surface area contributed by atoms with Crippen molar-refractivity contribution in [1.29, 1.82) is 0 Å². The van der Waals surface area contributed by atoms with Crippen LogP contribution in [0.5, 0.6) is 0 Å². The molecule has 1 amide bonds. The SMILES string of the molecule is CC(C)(C)N1CCC(C(c2ccccc2)N(C=O)c2ccccc2)CC1. The zero-order chi connectivity index (χ0) is 18.6. The molecule has 1 aliphatic rings. The fourth-order valence-electron chi connectivity index (χ4n) is 4.08. The smallest absolute Gasteiger partial charge is 0.214 e. The van der Waals surface area contributed by atoms with Crippen molar-refractivity contribution in [3.05, 3.63) is 66.2 Å². The minimum Gasteiger partial charge on any atom is -0.307 e. The molecular formula is C23H30N2O. The van der Waals surface area contributed by atoms with E-state index >= 15 is 0 Å². The number of anilines is 1. The van der Waals surface area contributed by atoms with E-state index in [1.807, 2.05) is 41.3 Å². The van der Waals surface area contributed by atoms with Crippen molar-refractivity contribution >= 4 is 12.1 Å². The maximum absolute atomic E-state index is 12.1. The summed E-state index contributed by atoms with van der Waals surface area (Å²) in [6.45, 7) is 9.01. The molecule has 1 fully saturated rings. The summed E-state index contributed by atoms with van der Waals surface area (Å²) < 4.78 is 0. The van der Waals surface area contributed by atoms with Crippen LogP contribution in [0.3, 0.4) is 0 Å². The fourth-order valence-corrected chi connectivity index (χ4v) is 4.08. The number of carbonyl (C=O) groups excluding carboxylic acids is 1. The molecule has 0 N–H and O–H groups in total. The van der Waals surface area contributed by atoms with Crippen molar-refractivity contribution in [3.63, 3.8) is 0 Å². The van der Waals surface area contributed by atoms with Gasteiger partial charge >= 0.3 is 0 Å². The van der Waals surface area contributed by atoms with Crippen LogP contribution in [-0.2, 0) is 4.79 Å². The number of carbonyl (C=O) groups is 1. The van der Waals surface area contributed by atoms with Crippen molar-refractivity contribution in [3.8, 4) is 0 Å². The molecule has 1 unspecified atom stereocenters. The third-order valence-electron chi connectivity index (χ3n) is 5.54. The molecule has 26 heavy (non-hydrogen) atoms. The van der Waals surface area contributed by atoms with Crippen molar-refractivity contribution in [1.82, 2.24) is 4.90 Å². The van der Waals surface area contributed by atoms with E-state index in [-0.39, 0.29) is 11.6 Å². The zero-order valence-electron chi connectivity index (χ0n) is 16.1. The van der Waals surface area contributed by atoms with Crippen LogP contribution in [0.2, 0.25) is 0 Å². The van der Waals surface area contributed by atoms with Crippen LogP contribution >= 0.6 is 0 Å². The van der Waals surface area contributed by atoms with Crippen LogP contribution in [0, 0.1) is 5.92 Å². The largest absolute Gasteiger partial charge is 0.307 e. The summed E-state index contributed by atoms with van der Waals surface area (Å²) in [7, 11) is 0. The van der Waals surface area contributed by atoms with E-state index in [1.54, 1.807) is 0 Å². The first-order valence-corrected chi connectivity index (χ1v) is 9.59. The van der Waals surface area contributed by atoms with Crippen molar-refractivity contribution < 1.29 is 4.79 Å². The van der Waals surface area contributed by atoms with E-state index in [0.717, 1.165) is 38.0 Å². The zero-order valence-corrected chi connectivity index (χ0v) is 16.1. The van der Waals surface area contributed by atoms with Gasteiger partial charge in [-0.3, -0.25) is 9.69 Å².